The Labute approximate surface area is 165 Å². The van der Waals surface area contributed by atoms with Gasteiger partial charge >= 0.3 is 12.2 Å². The van der Waals surface area contributed by atoms with Crippen molar-refractivity contribution >= 4 is 12.2 Å². The van der Waals surface area contributed by atoms with E-state index in [9.17, 15) is 9.59 Å². The fourth-order valence-electron chi connectivity index (χ4n) is 2.76. The van der Waals surface area contributed by atoms with E-state index >= 15 is 0 Å². The molecule has 2 atom stereocenters. The van der Waals surface area contributed by atoms with Crippen LogP contribution in [0.4, 0.5) is 9.59 Å². The lowest BCUT2D eigenvalue weighted by molar-refractivity contribution is -0.671. The zero-order chi connectivity index (χ0) is 20.5. The van der Waals surface area contributed by atoms with Gasteiger partial charge in [0.25, 0.3) is 0 Å². The molecule has 0 saturated heterocycles. The molecule has 2 rings (SSSR count). The van der Waals surface area contributed by atoms with Gasteiger partial charge in [-0.15, -0.1) is 0 Å². The minimum atomic E-state index is -0.558. The predicted molar refractivity (Wildman–Crippen MR) is 101 cm³/mol. The molecule has 0 spiro atoms. The van der Waals surface area contributed by atoms with Crippen LogP contribution in [0.2, 0.25) is 0 Å². The quantitative estimate of drug-likeness (QED) is 0.706. The molecule has 28 heavy (non-hydrogen) atoms. The minimum absolute atomic E-state index is 0.249. The van der Waals surface area contributed by atoms with Crippen molar-refractivity contribution < 1.29 is 28.2 Å². The molecule has 0 fully saturated rings. The van der Waals surface area contributed by atoms with E-state index < -0.39 is 24.3 Å². The molecule has 0 aliphatic rings. The van der Waals surface area contributed by atoms with Crippen molar-refractivity contribution in [3.05, 3.63) is 60.2 Å². The van der Waals surface area contributed by atoms with E-state index in [-0.39, 0.29) is 13.2 Å². The van der Waals surface area contributed by atoms with Gasteiger partial charge < -0.3 is 20.1 Å². The normalized spacial score (nSPS) is 12.6. The lowest BCUT2D eigenvalue weighted by Crippen LogP contribution is -2.42. The largest absolute Gasteiger partial charge is 0.450 e. The molecule has 2 aromatic heterocycles. The maximum Gasteiger partial charge on any atom is 0.407 e. The van der Waals surface area contributed by atoms with Crippen molar-refractivity contribution in [3.8, 4) is 0 Å². The number of aryl methyl sites for hydroxylation is 2. The summed E-state index contributed by atoms with van der Waals surface area (Å²) >= 11 is 0. The number of carbonyl (C=O) groups excluding carboxylic acids is 2. The van der Waals surface area contributed by atoms with Crippen LogP contribution in [0.5, 0.6) is 0 Å². The number of hydrogen-bond donors (Lipinski definition) is 2. The Balaban J connectivity index is 2.45. The Morgan fingerprint density at radius 1 is 0.786 bits per heavy atom. The number of amides is 2. The molecule has 0 aliphatic heterocycles. The molecule has 0 aliphatic carbocycles. The highest BCUT2D eigenvalue weighted by molar-refractivity contribution is 5.70. The second-order valence-electron chi connectivity index (χ2n) is 6.28. The maximum absolute atomic E-state index is 12.2. The molecule has 0 radical (unpaired) electrons. The number of hydrogen-bond acceptors (Lipinski definition) is 4. The van der Waals surface area contributed by atoms with Crippen LogP contribution in [0.3, 0.4) is 0 Å². The molecule has 2 N–H and O–H groups in total. The predicted octanol–water partition coefficient (Wildman–Crippen LogP) is 1.61. The van der Waals surface area contributed by atoms with Crippen molar-refractivity contribution in [1.82, 2.24) is 10.6 Å². The summed E-state index contributed by atoms with van der Waals surface area (Å²) in [5.74, 6) is 0. The molecular weight excluding hydrogens is 360 g/mol. The molecule has 2 unspecified atom stereocenters. The first-order valence-electron chi connectivity index (χ1n) is 9.21. The van der Waals surface area contributed by atoms with Crippen molar-refractivity contribution in [2.75, 3.05) is 13.2 Å². The number of pyridine rings is 2. The summed E-state index contributed by atoms with van der Waals surface area (Å²) in [6.45, 7) is 3.98. The fourth-order valence-corrected chi connectivity index (χ4v) is 2.76. The third-order valence-corrected chi connectivity index (χ3v) is 4.16. The van der Waals surface area contributed by atoms with E-state index in [2.05, 4.69) is 10.6 Å². The summed E-state index contributed by atoms with van der Waals surface area (Å²) in [5, 5.41) is 5.73. The molecule has 2 amide bonds. The number of ether oxygens (including phenoxy) is 2. The monoisotopic (exact) mass is 388 g/mol. The van der Waals surface area contributed by atoms with Gasteiger partial charge in [0.2, 0.25) is 0 Å². The van der Waals surface area contributed by atoms with E-state index in [0.29, 0.717) is 0 Å². The lowest BCUT2D eigenvalue weighted by Gasteiger charge is -2.28. The Morgan fingerprint density at radius 2 is 1.11 bits per heavy atom. The summed E-state index contributed by atoms with van der Waals surface area (Å²) in [7, 11) is 3.81. The molecule has 0 aromatic carbocycles. The first-order valence-corrected chi connectivity index (χ1v) is 9.21. The molecule has 150 valence electrons. The van der Waals surface area contributed by atoms with Gasteiger partial charge in [0.15, 0.2) is 24.8 Å². The summed E-state index contributed by atoms with van der Waals surface area (Å²) in [4.78, 5) is 24.4. The Morgan fingerprint density at radius 3 is 1.39 bits per heavy atom. The van der Waals surface area contributed by atoms with Gasteiger partial charge in [0.1, 0.15) is 14.1 Å². The van der Waals surface area contributed by atoms with Gasteiger partial charge in [0.05, 0.1) is 25.3 Å². The van der Waals surface area contributed by atoms with Crippen molar-refractivity contribution in [3.63, 3.8) is 0 Å². The summed E-state index contributed by atoms with van der Waals surface area (Å²) in [6.07, 6.45) is 6.39. The highest BCUT2D eigenvalue weighted by Gasteiger charge is 2.30. The average molecular weight is 388 g/mol. The number of nitrogens with zero attached hydrogens (tertiary/aromatic N) is 2. The van der Waals surface area contributed by atoms with Crippen LogP contribution in [-0.2, 0) is 23.6 Å². The van der Waals surface area contributed by atoms with Crippen LogP contribution in [0, 0.1) is 0 Å². The molecule has 8 nitrogen and oxygen atoms in total. The lowest BCUT2D eigenvalue weighted by atomic mass is 9.94. The van der Waals surface area contributed by atoms with Gasteiger partial charge in [-0.25, -0.2) is 18.7 Å². The molecule has 2 aromatic rings. The Kier molecular flexibility index (Phi) is 7.74. The van der Waals surface area contributed by atoms with Crippen LogP contribution in [0.25, 0.3) is 0 Å². The van der Waals surface area contributed by atoms with Crippen LogP contribution < -0.4 is 19.8 Å². The zero-order valence-electron chi connectivity index (χ0n) is 16.7. The maximum atomic E-state index is 12.2. The third kappa shape index (κ3) is 5.94. The van der Waals surface area contributed by atoms with E-state index in [0.717, 1.165) is 11.1 Å². The number of nitrogens with one attached hydrogen (secondary N) is 2. The van der Waals surface area contributed by atoms with Crippen LogP contribution >= 0.6 is 0 Å². The van der Waals surface area contributed by atoms with Gasteiger partial charge in [-0.1, -0.05) is 0 Å². The second-order valence-corrected chi connectivity index (χ2v) is 6.28. The molecule has 8 heteroatoms. The van der Waals surface area contributed by atoms with E-state index in [1.807, 2.05) is 72.3 Å². The van der Waals surface area contributed by atoms with Crippen LogP contribution in [0.15, 0.2) is 49.1 Å². The Bertz CT molecular complexity index is 710. The third-order valence-electron chi connectivity index (χ3n) is 4.16. The highest BCUT2D eigenvalue weighted by atomic mass is 16.6. The van der Waals surface area contributed by atoms with Crippen LogP contribution in [-0.4, -0.2) is 25.4 Å². The first-order chi connectivity index (χ1) is 13.4. The smallest absolute Gasteiger partial charge is 0.407 e. The number of rotatable bonds is 7. The second kappa shape index (κ2) is 10.2. The van der Waals surface area contributed by atoms with Crippen molar-refractivity contribution in [2.24, 2.45) is 14.1 Å². The van der Waals surface area contributed by atoms with Crippen LogP contribution in [0.1, 0.15) is 37.1 Å². The molecule has 2 heterocycles. The van der Waals surface area contributed by atoms with Crippen molar-refractivity contribution in [2.45, 2.75) is 25.9 Å². The van der Waals surface area contributed by atoms with E-state index in [4.69, 9.17) is 9.47 Å². The SMILES string of the molecule is CCOC(=O)NC(c1cc[n+](C)cc1)C(NC(=O)OCC)c1cc[n+](C)cc1. The number of carbonyl (C=O) groups is 2. The standard InChI is InChI=1S/C20H26N4O4/c1-5-27-19(25)21-17(15-7-11-23(3)12-8-15)18(22-20(26)28-6-2)16-9-13-24(4)14-10-16/h7-14,17-18H,5-6H2,1-4H3/p+2. The summed E-state index contributed by atoms with van der Waals surface area (Å²) in [6, 6.07) is 6.44. The van der Waals surface area contributed by atoms with Gasteiger partial charge in [-0.05, 0) is 25.0 Å². The number of alkyl carbamates (subject to hydrolysis) is 2. The minimum Gasteiger partial charge on any atom is -0.450 e. The highest BCUT2D eigenvalue weighted by Crippen LogP contribution is 2.28. The average Bonchev–Trinajstić information content (AvgIpc) is 2.66. The van der Waals surface area contributed by atoms with Crippen molar-refractivity contribution in [1.29, 1.82) is 0 Å². The fraction of sp³-hybridized carbons (Fsp3) is 0.400. The van der Waals surface area contributed by atoms with Gasteiger partial charge in [0, 0.05) is 24.3 Å². The van der Waals surface area contributed by atoms with Gasteiger partial charge in [-0.2, -0.15) is 0 Å². The van der Waals surface area contributed by atoms with Gasteiger partial charge in [-0.3, -0.25) is 0 Å². The molecular formula is C20H28N4O4+2. The zero-order valence-corrected chi connectivity index (χ0v) is 16.7. The molecule has 0 bridgehead atoms. The number of aromatic nitrogens is 2. The first kappa shape index (κ1) is 21.1. The topological polar surface area (TPSA) is 84.4 Å². The Hall–Kier alpha value is -3.16. The van der Waals surface area contributed by atoms with E-state index in [1.54, 1.807) is 13.8 Å². The molecule has 0 saturated carbocycles. The summed E-state index contributed by atoms with van der Waals surface area (Å²) < 4.78 is 13.9. The van der Waals surface area contributed by atoms with E-state index in [1.165, 1.54) is 0 Å². The summed E-state index contributed by atoms with van der Waals surface area (Å²) in [5.41, 5.74) is 1.64.